The summed E-state index contributed by atoms with van der Waals surface area (Å²) in [5.41, 5.74) is -0.722. The maximum absolute atomic E-state index is 15.6. The summed E-state index contributed by atoms with van der Waals surface area (Å²) in [5, 5.41) is 8.73. The first-order valence-corrected chi connectivity index (χ1v) is 13.3. The quantitative estimate of drug-likeness (QED) is 0.204. The molecule has 0 aromatic heterocycles. The van der Waals surface area contributed by atoms with Crippen molar-refractivity contribution in [1.82, 2.24) is 0 Å². The van der Waals surface area contributed by atoms with Crippen LogP contribution < -0.4 is 9.64 Å². The number of carbonyl (C=O) groups is 1. The van der Waals surface area contributed by atoms with Gasteiger partial charge in [0.15, 0.2) is 5.50 Å². The number of halogens is 2. The minimum atomic E-state index is -3.91. The van der Waals surface area contributed by atoms with E-state index in [0.717, 1.165) is 18.5 Å². The molecule has 1 aliphatic heterocycles. The number of fused-ring (bicyclic) bond motifs is 1. The molecule has 180 valence electrons. The van der Waals surface area contributed by atoms with E-state index in [4.69, 9.17) is 9.84 Å². The molecule has 10 heteroatoms. The third-order valence-electron chi connectivity index (χ3n) is 5.45. The smallest absolute Gasteiger partial charge is 0.368 e. The van der Waals surface area contributed by atoms with Gasteiger partial charge < -0.3 is 14.7 Å². The van der Waals surface area contributed by atoms with Crippen LogP contribution in [0.3, 0.4) is 0 Å². The Balaban J connectivity index is 2.19. The van der Waals surface area contributed by atoms with Crippen molar-refractivity contribution in [1.29, 1.82) is 0 Å². The van der Waals surface area contributed by atoms with Crippen LogP contribution in [0.15, 0.2) is 64.3 Å². The van der Waals surface area contributed by atoms with Crippen LogP contribution in [0.1, 0.15) is 26.2 Å². The fraction of sp³-hybridized carbons (Fsp3) is 0.348. The summed E-state index contributed by atoms with van der Waals surface area (Å²) in [6, 6.07) is 12.2. The normalized spacial score (nSPS) is 21.2. The molecule has 2 aromatic rings. The molecule has 0 radical (unpaired) electrons. The van der Waals surface area contributed by atoms with Crippen LogP contribution in [0.5, 0.6) is 5.75 Å². The van der Waals surface area contributed by atoms with Crippen LogP contribution in [0.2, 0.25) is 0 Å². The van der Waals surface area contributed by atoms with Gasteiger partial charge in [-0.25, -0.2) is 9.18 Å². The third-order valence-corrected chi connectivity index (χ3v) is 8.20. The summed E-state index contributed by atoms with van der Waals surface area (Å²) in [5.74, 6) is -3.94. The summed E-state index contributed by atoms with van der Waals surface area (Å²) in [6.07, 6.45) is 4.24. The Labute approximate surface area is 197 Å². The number of hydrogen-bond donors (Lipinski definition) is 3. The third kappa shape index (κ3) is 5.46. The number of alkyl halides is 1. The molecule has 0 unspecified atom stereocenters. The number of anilines is 2. The average molecular weight is 500 g/mol. The van der Waals surface area contributed by atoms with Crippen molar-refractivity contribution >= 4 is 39.7 Å². The number of thioether (sulfide) groups is 1. The van der Waals surface area contributed by atoms with E-state index < -0.39 is 33.8 Å². The molecule has 0 fully saturated rings. The van der Waals surface area contributed by atoms with Gasteiger partial charge in [-0.1, -0.05) is 38.0 Å². The first kappa shape index (κ1) is 25.4. The number of unbranched alkanes of at least 4 members (excludes halogenated alkanes) is 1. The van der Waals surface area contributed by atoms with Crippen molar-refractivity contribution in [3.8, 4) is 5.75 Å². The Morgan fingerprint density at radius 3 is 2.61 bits per heavy atom. The van der Waals surface area contributed by atoms with E-state index in [2.05, 4.69) is 0 Å². The number of carboxylic acids is 1. The molecule has 0 bridgehead atoms. The highest BCUT2D eigenvalue weighted by atomic mass is 32.3. The molecule has 0 amide bonds. The van der Waals surface area contributed by atoms with Gasteiger partial charge in [-0.05, 0) is 30.9 Å². The van der Waals surface area contributed by atoms with Crippen LogP contribution in [0, 0.1) is 5.92 Å². The van der Waals surface area contributed by atoms with Gasteiger partial charge in [0.25, 0.3) is 0 Å². The second-order valence-corrected chi connectivity index (χ2v) is 10.6. The monoisotopic (exact) mass is 499 g/mol. The van der Waals surface area contributed by atoms with Crippen molar-refractivity contribution in [3.05, 3.63) is 54.6 Å². The highest BCUT2D eigenvalue weighted by Gasteiger charge is 2.42. The van der Waals surface area contributed by atoms with Crippen molar-refractivity contribution in [3.63, 3.8) is 0 Å². The van der Waals surface area contributed by atoms with E-state index in [1.165, 1.54) is 17.8 Å². The topological polar surface area (TPSA) is 90.2 Å². The van der Waals surface area contributed by atoms with Gasteiger partial charge in [0, 0.05) is 24.2 Å². The summed E-state index contributed by atoms with van der Waals surface area (Å²) in [6.45, 7) is 2.24. The predicted octanol–water partition coefficient (Wildman–Crippen LogP) is 7.05. The van der Waals surface area contributed by atoms with E-state index in [1.54, 1.807) is 12.3 Å². The van der Waals surface area contributed by atoms with Gasteiger partial charge in [-0.2, -0.15) is 4.39 Å². The van der Waals surface area contributed by atoms with Gasteiger partial charge in [-0.3, -0.25) is 9.11 Å². The summed E-state index contributed by atoms with van der Waals surface area (Å²) in [4.78, 5) is 13.1. The largest absolute Gasteiger partial charge is 0.476 e. The molecular formula is C23H27F2NO5S2. The average Bonchev–Trinajstić information content (AvgIpc) is 2.89. The number of ether oxygens (including phenoxy) is 1. The molecule has 0 saturated heterocycles. The maximum Gasteiger partial charge on any atom is 0.368 e. The summed E-state index contributed by atoms with van der Waals surface area (Å²) in [7, 11) is -3.91. The van der Waals surface area contributed by atoms with E-state index >= 15 is 4.39 Å². The van der Waals surface area contributed by atoms with Crippen LogP contribution >= 0.6 is 22.4 Å². The number of rotatable bonds is 8. The molecule has 0 spiro atoms. The Kier molecular flexibility index (Phi) is 8.28. The Bertz CT molecular complexity index is 1020. The lowest BCUT2D eigenvalue weighted by molar-refractivity contribution is -0.134. The number of nitrogens with zero attached hydrogens (tertiary/aromatic N) is 1. The first-order valence-electron chi connectivity index (χ1n) is 10.4. The zero-order valence-electron chi connectivity index (χ0n) is 18.3. The molecule has 33 heavy (non-hydrogen) atoms. The van der Waals surface area contributed by atoms with Crippen LogP contribution in [0.25, 0.3) is 0 Å². The Hall–Kier alpha value is -2.27. The van der Waals surface area contributed by atoms with Gasteiger partial charge in [-0.15, -0.1) is 22.4 Å². The second-order valence-electron chi connectivity index (χ2n) is 7.65. The fourth-order valence-electron chi connectivity index (χ4n) is 3.75. The summed E-state index contributed by atoms with van der Waals surface area (Å²) >= 11 is 1.25. The minimum Gasteiger partial charge on any atom is -0.476 e. The molecule has 6 nitrogen and oxygen atoms in total. The molecule has 3 rings (SSSR count). The zero-order valence-corrected chi connectivity index (χ0v) is 19.9. The van der Waals surface area contributed by atoms with Gasteiger partial charge in [0.2, 0.25) is 5.83 Å². The number of aliphatic carboxylic acids is 1. The molecule has 0 saturated carbocycles. The van der Waals surface area contributed by atoms with Gasteiger partial charge >= 0.3 is 5.97 Å². The number of hydrogen-bond acceptors (Lipinski definition) is 6. The van der Waals surface area contributed by atoms with Crippen molar-refractivity contribution < 1.29 is 32.5 Å². The second kappa shape index (κ2) is 10.8. The number of para-hydroxylation sites is 1. The Morgan fingerprint density at radius 1 is 1.30 bits per heavy atom. The van der Waals surface area contributed by atoms with Crippen molar-refractivity contribution in [2.75, 3.05) is 17.7 Å². The molecular weight excluding hydrogens is 472 g/mol. The standard InChI is InChI=1S/C23H27F2NO5S2/c1-3-4-8-15-13-26(16-9-6-5-7-10-16)18-11-20(32-2)19(31-14-17(24)23(27)28)12-21(18)33(29,30)22(15)25/h5-7,9-12,14-15,22,29-30H,3-4,8,13H2,1-2H3,(H,27,28)/t15-,22-/m0/s1. The van der Waals surface area contributed by atoms with E-state index in [0.29, 0.717) is 23.3 Å². The van der Waals surface area contributed by atoms with E-state index in [-0.39, 0.29) is 17.2 Å². The van der Waals surface area contributed by atoms with Crippen LogP contribution in [-0.4, -0.2) is 38.5 Å². The lowest BCUT2D eigenvalue weighted by Gasteiger charge is -2.37. The minimum absolute atomic E-state index is 0.00449. The van der Waals surface area contributed by atoms with Crippen LogP contribution in [-0.2, 0) is 4.79 Å². The predicted molar refractivity (Wildman–Crippen MR) is 128 cm³/mol. The lowest BCUT2D eigenvalue weighted by atomic mass is 10.0. The number of benzene rings is 2. The first-order chi connectivity index (χ1) is 15.7. The van der Waals surface area contributed by atoms with Crippen molar-refractivity contribution in [2.24, 2.45) is 5.92 Å². The maximum atomic E-state index is 15.6. The highest BCUT2D eigenvalue weighted by molar-refractivity contribution is 8.24. The van der Waals surface area contributed by atoms with Gasteiger partial charge in [0.1, 0.15) is 12.0 Å². The fourth-order valence-corrected chi connectivity index (χ4v) is 6.04. The van der Waals surface area contributed by atoms with Crippen molar-refractivity contribution in [2.45, 2.75) is 41.5 Å². The molecule has 0 aliphatic carbocycles. The van der Waals surface area contributed by atoms with E-state index in [9.17, 15) is 18.3 Å². The zero-order chi connectivity index (χ0) is 24.2. The highest BCUT2D eigenvalue weighted by Crippen LogP contribution is 2.63. The van der Waals surface area contributed by atoms with Gasteiger partial charge in [0.05, 0.1) is 15.5 Å². The molecule has 2 atom stereocenters. The lowest BCUT2D eigenvalue weighted by Crippen LogP contribution is -2.30. The van der Waals surface area contributed by atoms with Crippen LogP contribution in [0.4, 0.5) is 20.2 Å². The van der Waals surface area contributed by atoms with E-state index in [1.807, 2.05) is 42.2 Å². The summed E-state index contributed by atoms with van der Waals surface area (Å²) < 4.78 is 56.5. The Morgan fingerprint density at radius 2 is 2.00 bits per heavy atom. The molecule has 1 heterocycles. The number of carboxylic acid groups (broad SMARTS) is 1. The molecule has 3 N–H and O–H groups in total. The molecule has 1 aliphatic rings. The molecule has 2 aromatic carbocycles. The SMILES string of the molecule is CCCC[C@H]1CN(c2ccccc2)c2cc(SC)c(OC=C(F)C(=O)O)cc2S(O)(O)[C@@H]1F.